The first kappa shape index (κ1) is 13.8. The average molecular weight is 259 g/mol. The number of carboxylic acids is 1. The fourth-order valence-corrected chi connectivity index (χ4v) is 1.41. The Morgan fingerprint density at radius 3 is 2.41 bits per heavy atom. The number of carbonyl (C=O) groups is 1. The van der Waals surface area contributed by atoms with Crippen molar-refractivity contribution in [2.45, 2.75) is 32.0 Å². The van der Waals surface area contributed by atoms with E-state index in [1.165, 1.54) is 0 Å². The van der Waals surface area contributed by atoms with E-state index < -0.39 is 17.7 Å². The zero-order chi connectivity index (χ0) is 13.1. The molecular weight excluding hydrogens is 244 g/mol. The Hall–Kier alpha value is -1.26. The molecule has 0 aliphatic carbocycles. The van der Waals surface area contributed by atoms with Crippen LogP contribution < -0.4 is 4.74 Å². The average Bonchev–Trinajstić information content (AvgIpc) is 2.20. The molecule has 0 amide bonds. The van der Waals surface area contributed by atoms with E-state index in [4.69, 9.17) is 21.4 Å². The monoisotopic (exact) mass is 258 g/mol. The molecular formula is C12H15ClO4. The summed E-state index contributed by atoms with van der Waals surface area (Å²) in [4.78, 5) is 10.5. The van der Waals surface area contributed by atoms with Gasteiger partial charge in [-0.25, -0.2) is 0 Å². The lowest BCUT2D eigenvalue weighted by molar-refractivity contribution is -0.142. The van der Waals surface area contributed by atoms with Crippen LogP contribution in [0.2, 0.25) is 5.02 Å². The summed E-state index contributed by atoms with van der Waals surface area (Å²) in [7, 11) is 0. The lowest BCUT2D eigenvalue weighted by Gasteiger charge is -2.30. The number of hydrogen-bond donors (Lipinski definition) is 2. The highest BCUT2D eigenvalue weighted by molar-refractivity contribution is 6.30. The van der Waals surface area contributed by atoms with E-state index in [1.54, 1.807) is 38.1 Å². The van der Waals surface area contributed by atoms with Crippen molar-refractivity contribution < 1.29 is 19.7 Å². The molecule has 1 aromatic rings. The van der Waals surface area contributed by atoms with Crippen LogP contribution in [-0.4, -0.2) is 27.9 Å². The summed E-state index contributed by atoms with van der Waals surface area (Å²) >= 11 is 5.73. The van der Waals surface area contributed by atoms with Gasteiger partial charge in [-0.15, -0.1) is 0 Å². The number of aliphatic hydroxyl groups excluding tert-OH is 1. The van der Waals surface area contributed by atoms with Crippen molar-refractivity contribution in [2.75, 3.05) is 0 Å². The largest absolute Gasteiger partial charge is 0.485 e. The van der Waals surface area contributed by atoms with Crippen LogP contribution >= 0.6 is 11.6 Å². The molecule has 1 rings (SSSR count). The van der Waals surface area contributed by atoms with Crippen molar-refractivity contribution in [3.63, 3.8) is 0 Å². The first-order valence-electron chi connectivity index (χ1n) is 5.16. The van der Waals surface area contributed by atoms with E-state index in [9.17, 15) is 9.90 Å². The summed E-state index contributed by atoms with van der Waals surface area (Å²) in [6.07, 6.45) is -1.45. The number of benzene rings is 1. The predicted octanol–water partition coefficient (Wildman–Crippen LogP) is 2.33. The molecule has 0 saturated heterocycles. The van der Waals surface area contributed by atoms with Crippen LogP contribution in [0.3, 0.4) is 0 Å². The van der Waals surface area contributed by atoms with Gasteiger partial charge in [-0.2, -0.15) is 0 Å². The van der Waals surface area contributed by atoms with Crippen molar-refractivity contribution >= 4 is 17.6 Å². The van der Waals surface area contributed by atoms with Gasteiger partial charge < -0.3 is 14.9 Å². The second-order valence-corrected chi connectivity index (χ2v) is 4.71. The Morgan fingerprint density at radius 2 is 1.94 bits per heavy atom. The molecule has 17 heavy (non-hydrogen) atoms. The highest BCUT2D eigenvalue weighted by Gasteiger charge is 2.31. The van der Waals surface area contributed by atoms with Crippen LogP contribution in [0.1, 0.15) is 20.3 Å². The fraction of sp³-hybridized carbons (Fsp3) is 0.417. The summed E-state index contributed by atoms with van der Waals surface area (Å²) in [5.74, 6) is -0.533. The van der Waals surface area contributed by atoms with Crippen LogP contribution in [0.4, 0.5) is 0 Å². The summed E-state index contributed by atoms with van der Waals surface area (Å²) in [6, 6.07) is 6.65. The van der Waals surface area contributed by atoms with Crippen molar-refractivity contribution in [3.05, 3.63) is 29.3 Å². The van der Waals surface area contributed by atoms with E-state index in [1.807, 2.05) is 0 Å². The highest BCUT2D eigenvalue weighted by atomic mass is 35.5. The van der Waals surface area contributed by atoms with E-state index in [0.717, 1.165) is 0 Å². The standard InChI is InChI=1S/C12H15ClO4/c1-12(2,10(14)7-11(15)16)17-9-5-3-8(13)4-6-9/h3-6,10,14H,7H2,1-2H3,(H,15,16). The number of ether oxygens (including phenoxy) is 1. The van der Waals surface area contributed by atoms with Crippen LogP contribution in [-0.2, 0) is 4.79 Å². The minimum absolute atomic E-state index is 0.361. The zero-order valence-electron chi connectivity index (χ0n) is 9.68. The SMILES string of the molecule is CC(C)(Oc1ccc(Cl)cc1)C(O)CC(=O)O. The number of rotatable bonds is 5. The van der Waals surface area contributed by atoms with Gasteiger partial charge in [0, 0.05) is 5.02 Å². The smallest absolute Gasteiger partial charge is 0.306 e. The second-order valence-electron chi connectivity index (χ2n) is 4.27. The van der Waals surface area contributed by atoms with Crippen LogP contribution in [0, 0.1) is 0 Å². The Balaban J connectivity index is 2.71. The fourth-order valence-electron chi connectivity index (χ4n) is 1.29. The van der Waals surface area contributed by atoms with Crippen molar-refractivity contribution in [1.29, 1.82) is 0 Å². The molecule has 0 aromatic heterocycles. The van der Waals surface area contributed by atoms with E-state index in [-0.39, 0.29) is 6.42 Å². The maximum atomic E-state index is 10.5. The molecule has 0 saturated carbocycles. The van der Waals surface area contributed by atoms with E-state index >= 15 is 0 Å². The number of hydrogen-bond acceptors (Lipinski definition) is 3. The van der Waals surface area contributed by atoms with Gasteiger partial charge in [-0.3, -0.25) is 4.79 Å². The first-order chi connectivity index (χ1) is 7.81. The van der Waals surface area contributed by atoms with Crippen molar-refractivity contribution in [1.82, 2.24) is 0 Å². The van der Waals surface area contributed by atoms with Crippen LogP contribution in [0.25, 0.3) is 0 Å². The van der Waals surface area contributed by atoms with Gasteiger partial charge in [0.05, 0.1) is 6.42 Å². The van der Waals surface area contributed by atoms with Gasteiger partial charge >= 0.3 is 5.97 Å². The molecule has 0 fully saturated rings. The van der Waals surface area contributed by atoms with E-state index in [2.05, 4.69) is 0 Å². The molecule has 5 heteroatoms. The molecule has 4 nitrogen and oxygen atoms in total. The van der Waals surface area contributed by atoms with Gasteiger partial charge in [0.2, 0.25) is 0 Å². The van der Waals surface area contributed by atoms with Gasteiger partial charge in [0.25, 0.3) is 0 Å². The third kappa shape index (κ3) is 4.24. The minimum atomic E-state index is -1.09. The molecule has 2 N–H and O–H groups in total. The lowest BCUT2D eigenvalue weighted by atomic mass is 9.98. The Kier molecular flexibility index (Phi) is 4.37. The molecule has 0 spiro atoms. The predicted molar refractivity (Wildman–Crippen MR) is 64.4 cm³/mol. The molecule has 0 aliphatic rings. The van der Waals surface area contributed by atoms with Gasteiger partial charge in [-0.1, -0.05) is 11.6 Å². The summed E-state index contributed by atoms with van der Waals surface area (Å²) < 4.78 is 5.55. The number of aliphatic carboxylic acids is 1. The van der Waals surface area contributed by atoms with Gasteiger partial charge in [0.15, 0.2) is 0 Å². The van der Waals surface area contributed by atoms with E-state index in [0.29, 0.717) is 10.8 Å². The maximum absolute atomic E-state index is 10.5. The third-order valence-electron chi connectivity index (χ3n) is 2.36. The van der Waals surface area contributed by atoms with Crippen LogP contribution in [0.15, 0.2) is 24.3 Å². The number of halogens is 1. The highest BCUT2D eigenvalue weighted by Crippen LogP contribution is 2.24. The summed E-state index contributed by atoms with van der Waals surface area (Å²) in [6.45, 7) is 3.27. The molecule has 0 bridgehead atoms. The number of carboxylic acid groups (broad SMARTS) is 1. The third-order valence-corrected chi connectivity index (χ3v) is 2.62. The molecule has 1 unspecified atom stereocenters. The Bertz CT molecular complexity index is 386. The lowest BCUT2D eigenvalue weighted by Crippen LogP contribution is -2.43. The topological polar surface area (TPSA) is 66.8 Å². The Morgan fingerprint density at radius 1 is 1.41 bits per heavy atom. The number of aliphatic hydroxyl groups is 1. The van der Waals surface area contributed by atoms with Crippen molar-refractivity contribution in [3.8, 4) is 5.75 Å². The quantitative estimate of drug-likeness (QED) is 0.851. The summed E-state index contributed by atoms with van der Waals surface area (Å²) in [5, 5.41) is 18.9. The second kappa shape index (κ2) is 5.38. The minimum Gasteiger partial charge on any atom is -0.485 e. The Labute approximate surface area is 105 Å². The van der Waals surface area contributed by atoms with Gasteiger partial charge in [-0.05, 0) is 38.1 Å². The van der Waals surface area contributed by atoms with Crippen molar-refractivity contribution in [2.24, 2.45) is 0 Å². The first-order valence-corrected chi connectivity index (χ1v) is 5.53. The zero-order valence-corrected chi connectivity index (χ0v) is 10.4. The van der Waals surface area contributed by atoms with Crippen LogP contribution in [0.5, 0.6) is 5.75 Å². The van der Waals surface area contributed by atoms with Gasteiger partial charge in [0.1, 0.15) is 17.5 Å². The molecule has 0 heterocycles. The molecule has 1 aromatic carbocycles. The normalized spacial score (nSPS) is 13.2. The molecule has 0 radical (unpaired) electrons. The summed E-state index contributed by atoms with van der Waals surface area (Å²) in [5.41, 5.74) is -0.980. The maximum Gasteiger partial charge on any atom is 0.306 e. The molecule has 1 atom stereocenters. The molecule has 0 aliphatic heterocycles. The molecule has 94 valence electrons.